The fourth-order valence-electron chi connectivity index (χ4n) is 5.68. The number of pyridine rings is 1. The average molecular weight is 524 g/mol. The van der Waals surface area contributed by atoms with Crippen LogP contribution in [0.1, 0.15) is 55.3 Å². The molecule has 2 aromatic carbocycles. The summed E-state index contributed by atoms with van der Waals surface area (Å²) in [5, 5.41) is 4.14. The van der Waals surface area contributed by atoms with E-state index in [9.17, 15) is 9.59 Å². The van der Waals surface area contributed by atoms with Crippen molar-refractivity contribution >= 4 is 28.5 Å². The number of nitrogens with zero attached hydrogens (tertiary/aromatic N) is 2. The second kappa shape index (κ2) is 12.2. The standard InChI is InChI=1S/C32H37N5O2/c1-22(38)34-18-17-28-27-8-2-3-9-29(27)36-32(28)26-7-5-19-37(21-26)31(39)10-4-6-23-11-13-24(14-12-23)25-15-16-30(33)35-20-25/h2-3,8-9,11-16,20,26,36H,4-7,10,17-19,21H2,1H3,(H2,33,35)(H,34,38). The molecule has 5 rings (SSSR count). The van der Waals surface area contributed by atoms with E-state index in [0.717, 1.165) is 61.8 Å². The Balaban J connectivity index is 1.18. The molecule has 1 fully saturated rings. The van der Waals surface area contributed by atoms with E-state index in [-0.39, 0.29) is 17.7 Å². The number of hydrogen-bond donors (Lipinski definition) is 3. The summed E-state index contributed by atoms with van der Waals surface area (Å²) in [6.07, 6.45) is 6.87. The van der Waals surface area contributed by atoms with E-state index in [0.29, 0.717) is 18.8 Å². The first-order valence-corrected chi connectivity index (χ1v) is 13.9. The summed E-state index contributed by atoms with van der Waals surface area (Å²) in [7, 11) is 0. The number of hydrogen-bond acceptors (Lipinski definition) is 4. The van der Waals surface area contributed by atoms with Crippen molar-refractivity contribution in [1.29, 1.82) is 0 Å². The molecule has 1 saturated heterocycles. The van der Waals surface area contributed by atoms with Gasteiger partial charge in [-0.15, -0.1) is 0 Å². The van der Waals surface area contributed by atoms with Gasteiger partial charge in [-0.1, -0.05) is 42.5 Å². The van der Waals surface area contributed by atoms with Gasteiger partial charge in [0.2, 0.25) is 11.8 Å². The smallest absolute Gasteiger partial charge is 0.222 e. The fraction of sp³-hybridized carbons (Fsp3) is 0.344. The fourth-order valence-corrected chi connectivity index (χ4v) is 5.68. The predicted octanol–water partition coefficient (Wildman–Crippen LogP) is 5.22. The van der Waals surface area contributed by atoms with Gasteiger partial charge in [0, 0.05) is 67.3 Å². The molecule has 1 aliphatic heterocycles. The Kier molecular flexibility index (Phi) is 8.25. The van der Waals surface area contributed by atoms with Gasteiger partial charge < -0.3 is 20.9 Å². The van der Waals surface area contributed by atoms with Gasteiger partial charge in [0.05, 0.1) is 0 Å². The molecule has 0 spiro atoms. The second-order valence-corrected chi connectivity index (χ2v) is 10.5. The molecule has 0 bridgehead atoms. The van der Waals surface area contributed by atoms with Gasteiger partial charge >= 0.3 is 0 Å². The van der Waals surface area contributed by atoms with Crippen molar-refractivity contribution in [3.05, 3.63) is 83.7 Å². The largest absolute Gasteiger partial charge is 0.384 e. The molecule has 0 saturated carbocycles. The number of aromatic nitrogens is 2. The van der Waals surface area contributed by atoms with E-state index in [2.05, 4.69) is 62.6 Å². The number of piperidine rings is 1. The van der Waals surface area contributed by atoms with Crippen molar-refractivity contribution in [1.82, 2.24) is 20.2 Å². The van der Waals surface area contributed by atoms with Gasteiger partial charge in [0.25, 0.3) is 0 Å². The molecule has 39 heavy (non-hydrogen) atoms. The Hall–Kier alpha value is -4.13. The first-order chi connectivity index (χ1) is 19.0. The molecule has 7 heteroatoms. The van der Waals surface area contributed by atoms with E-state index >= 15 is 0 Å². The highest BCUT2D eigenvalue weighted by molar-refractivity contribution is 5.85. The number of fused-ring (bicyclic) bond motifs is 1. The zero-order chi connectivity index (χ0) is 27.2. The SMILES string of the molecule is CC(=O)NCCc1c(C2CCCN(C(=O)CCCc3ccc(-c4ccc(N)nc4)cc3)C2)[nH]c2ccccc12. The summed E-state index contributed by atoms with van der Waals surface area (Å²) in [5.74, 6) is 1.02. The van der Waals surface area contributed by atoms with Crippen LogP contribution in [0, 0.1) is 0 Å². The summed E-state index contributed by atoms with van der Waals surface area (Å²) in [6.45, 7) is 3.72. The molecular weight excluding hydrogens is 486 g/mol. The molecule has 0 radical (unpaired) electrons. The lowest BCUT2D eigenvalue weighted by Gasteiger charge is -2.33. The highest BCUT2D eigenvalue weighted by atomic mass is 16.2. The number of carbonyl (C=O) groups excluding carboxylic acids is 2. The molecule has 2 amide bonds. The van der Waals surface area contributed by atoms with Gasteiger partial charge in [-0.2, -0.15) is 0 Å². The maximum Gasteiger partial charge on any atom is 0.222 e. The Bertz CT molecular complexity index is 1430. The van der Waals surface area contributed by atoms with Crippen LogP contribution in [0.4, 0.5) is 5.82 Å². The summed E-state index contributed by atoms with van der Waals surface area (Å²) in [5.41, 5.74) is 12.7. The van der Waals surface area contributed by atoms with Crippen LogP contribution >= 0.6 is 0 Å². The van der Waals surface area contributed by atoms with Gasteiger partial charge in [-0.05, 0) is 67.0 Å². The lowest BCUT2D eigenvalue weighted by atomic mass is 9.90. The summed E-state index contributed by atoms with van der Waals surface area (Å²) in [6, 6.07) is 20.6. The molecule has 4 N–H and O–H groups in total. The van der Waals surface area contributed by atoms with Gasteiger partial charge in [0.1, 0.15) is 5.82 Å². The van der Waals surface area contributed by atoms with Crippen molar-refractivity contribution in [3.8, 4) is 11.1 Å². The van der Waals surface area contributed by atoms with Crippen molar-refractivity contribution < 1.29 is 9.59 Å². The molecular formula is C32H37N5O2. The lowest BCUT2D eigenvalue weighted by Crippen LogP contribution is -2.39. The Morgan fingerprint density at radius 2 is 1.85 bits per heavy atom. The van der Waals surface area contributed by atoms with E-state index in [1.54, 1.807) is 13.1 Å². The van der Waals surface area contributed by atoms with E-state index < -0.39 is 0 Å². The third-order valence-electron chi connectivity index (χ3n) is 7.71. The number of aromatic amines is 1. The Morgan fingerprint density at radius 3 is 2.62 bits per heavy atom. The highest BCUT2D eigenvalue weighted by Gasteiger charge is 2.28. The zero-order valence-electron chi connectivity index (χ0n) is 22.6. The molecule has 0 aliphatic carbocycles. The van der Waals surface area contributed by atoms with Crippen LogP contribution in [0.5, 0.6) is 0 Å². The number of amides is 2. The quantitative estimate of drug-likeness (QED) is 0.280. The van der Waals surface area contributed by atoms with Crippen LogP contribution in [0.3, 0.4) is 0 Å². The summed E-state index contributed by atoms with van der Waals surface area (Å²) < 4.78 is 0. The normalized spacial score (nSPS) is 15.4. The maximum absolute atomic E-state index is 13.2. The minimum Gasteiger partial charge on any atom is -0.384 e. The molecule has 1 unspecified atom stereocenters. The third kappa shape index (κ3) is 6.48. The number of H-pyrrole nitrogens is 1. The van der Waals surface area contributed by atoms with Gasteiger partial charge in [0.15, 0.2) is 0 Å². The number of carbonyl (C=O) groups is 2. The van der Waals surface area contributed by atoms with Gasteiger partial charge in [-0.25, -0.2) is 4.98 Å². The molecule has 4 aromatic rings. The lowest BCUT2D eigenvalue weighted by molar-refractivity contribution is -0.132. The number of aryl methyl sites for hydroxylation is 1. The van der Waals surface area contributed by atoms with Crippen LogP contribution in [-0.4, -0.2) is 46.3 Å². The first-order valence-electron chi connectivity index (χ1n) is 13.9. The molecule has 202 valence electrons. The second-order valence-electron chi connectivity index (χ2n) is 10.5. The topological polar surface area (TPSA) is 104 Å². The van der Waals surface area contributed by atoms with E-state index in [1.165, 1.54) is 22.2 Å². The predicted molar refractivity (Wildman–Crippen MR) is 156 cm³/mol. The number of anilines is 1. The molecule has 7 nitrogen and oxygen atoms in total. The summed E-state index contributed by atoms with van der Waals surface area (Å²) in [4.78, 5) is 34.5. The van der Waals surface area contributed by atoms with Crippen molar-refractivity contribution in [2.24, 2.45) is 0 Å². The van der Waals surface area contributed by atoms with E-state index in [1.807, 2.05) is 18.2 Å². The highest BCUT2D eigenvalue weighted by Crippen LogP contribution is 2.33. The zero-order valence-corrected chi connectivity index (χ0v) is 22.6. The average Bonchev–Trinajstić information content (AvgIpc) is 3.32. The number of benzene rings is 2. The summed E-state index contributed by atoms with van der Waals surface area (Å²) >= 11 is 0. The van der Waals surface area contributed by atoms with Gasteiger partial charge in [-0.3, -0.25) is 9.59 Å². The molecule has 2 aromatic heterocycles. The van der Waals surface area contributed by atoms with Crippen LogP contribution in [-0.2, 0) is 22.4 Å². The number of para-hydroxylation sites is 1. The Morgan fingerprint density at radius 1 is 1.05 bits per heavy atom. The number of nitrogen functional groups attached to an aromatic ring is 1. The molecule has 1 aliphatic rings. The van der Waals surface area contributed by atoms with E-state index in [4.69, 9.17) is 5.73 Å². The monoisotopic (exact) mass is 523 g/mol. The number of rotatable bonds is 9. The third-order valence-corrected chi connectivity index (χ3v) is 7.71. The first kappa shape index (κ1) is 26.5. The van der Waals surface area contributed by atoms with Crippen molar-refractivity contribution in [3.63, 3.8) is 0 Å². The van der Waals surface area contributed by atoms with Crippen LogP contribution in [0.15, 0.2) is 66.9 Å². The maximum atomic E-state index is 13.2. The van der Waals surface area contributed by atoms with Crippen LogP contribution in [0.2, 0.25) is 0 Å². The molecule has 3 heterocycles. The number of likely N-dealkylation sites (tertiary alicyclic amines) is 1. The number of nitrogens with one attached hydrogen (secondary N) is 2. The van der Waals surface area contributed by atoms with Crippen molar-refractivity contribution in [2.45, 2.75) is 51.4 Å². The minimum absolute atomic E-state index is 0.0131. The minimum atomic E-state index is -0.0131. The Labute approximate surface area is 229 Å². The molecule has 1 atom stereocenters. The van der Waals surface area contributed by atoms with Crippen LogP contribution in [0.25, 0.3) is 22.0 Å². The van der Waals surface area contributed by atoms with Crippen molar-refractivity contribution in [2.75, 3.05) is 25.4 Å². The number of nitrogens with two attached hydrogens (primary N) is 1. The van der Waals surface area contributed by atoms with Crippen LogP contribution < -0.4 is 11.1 Å².